The molecule has 0 aliphatic rings. The second-order valence-corrected chi connectivity index (χ2v) is 5.06. The van der Waals surface area contributed by atoms with Crippen LogP contribution in [0.25, 0.3) is 0 Å². The summed E-state index contributed by atoms with van der Waals surface area (Å²) < 4.78 is 25.8. The minimum atomic E-state index is -1.06. The highest BCUT2D eigenvalue weighted by atomic mass is 19.2. The Morgan fingerprint density at radius 1 is 1.00 bits per heavy atom. The van der Waals surface area contributed by atoms with E-state index in [1.165, 1.54) is 6.07 Å². The van der Waals surface area contributed by atoms with Crippen LogP contribution in [0.15, 0.2) is 42.5 Å². The molecule has 0 bridgehead atoms. The normalized spacial score (nSPS) is 10.2. The van der Waals surface area contributed by atoms with Crippen molar-refractivity contribution >= 4 is 17.5 Å². The zero-order valence-electron chi connectivity index (χ0n) is 12.5. The zero-order valence-corrected chi connectivity index (χ0v) is 12.5. The molecule has 0 unspecified atom stereocenters. The van der Waals surface area contributed by atoms with E-state index in [2.05, 4.69) is 10.6 Å². The van der Waals surface area contributed by atoms with Crippen LogP contribution in [-0.4, -0.2) is 11.8 Å². The molecule has 0 aromatic heterocycles. The van der Waals surface area contributed by atoms with E-state index in [0.717, 1.165) is 23.3 Å². The first-order valence-corrected chi connectivity index (χ1v) is 7.02. The largest absolute Gasteiger partial charge is 0.352 e. The minimum absolute atomic E-state index is 0.0978. The van der Waals surface area contributed by atoms with Crippen molar-refractivity contribution in [2.24, 2.45) is 0 Å². The summed E-state index contributed by atoms with van der Waals surface area (Å²) in [7, 11) is 0. The minimum Gasteiger partial charge on any atom is -0.352 e. The van der Waals surface area contributed by atoms with Crippen LogP contribution in [0.3, 0.4) is 0 Å². The van der Waals surface area contributed by atoms with Gasteiger partial charge in [-0.1, -0.05) is 24.3 Å². The first-order chi connectivity index (χ1) is 11.0. The van der Waals surface area contributed by atoms with E-state index in [9.17, 15) is 18.4 Å². The smallest absolute Gasteiger partial charge is 0.233 e. The summed E-state index contributed by atoms with van der Waals surface area (Å²) >= 11 is 0. The van der Waals surface area contributed by atoms with Crippen LogP contribution in [0.4, 0.5) is 14.5 Å². The van der Waals surface area contributed by atoms with Gasteiger partial charge < -0.3 is 10.6 Å². The third-order valence-electron chi connectivity index (χ3n) is 3.26. The van der Waals surface area contributed by atoms with Gasteiger partial charge in [0.25, 0.3) is 0 Å². The fraction of sp³-hybridized carbons (Fsp3) is 0.176. The summed E-state index contributed by atoms with van der Waals surface area (Å²) in [4.78, 5) is 23.5. The van der Waals surface area contributed by atoms with Gasteiger partial charge in [0.05, 0.1) is 0 Å². The van der Waals surface area contributed by atoms with Crippen LogP contribution < -0.4 is 10.6 Å². The lowest BCUT2D eigenvalue weighted by Gasteiger charge is -2.08. The maximum atomic E-state index is 13.0. The molecule has 0 aliphatic carbocycles. The number of carbonyl (C=O) groups is 2. The summed E-state index contributed by atoms with van der Waals surface area (Å²) in [5, 5.41) is 4.99. The molecule has 0 atom stereocenters. The molecule has 2 aromatic rings. The Kier molecular flexibility index (Phi) is 5.41. The van der Waals surface area contributed by atoms with Crippen molar-refractivity contribution in [3.8, 4) is 0 Å². The van der Waals surface area contributed by atoms with Gasteiger partial charge in [0.15, 0.2) is 11.6 Å². The van der Waals surface area contributed by atoms with Gasteiger partial charge in [-0.05, 0) is 30.2 Å². The number of rotatable bonds is 5. The number of halogens is 2. The highest BCUT2D eigenvalue weighted by Gasteiger charge is 2.11. The van der Waals surface area contributed by atoms with Gasteiger partial charge in [-0.15, -0.1) is 0 Å². The molecule has 2 amide bonds. The van der Waals surface area contributed by atoms with Crippen LogP contribution in [0, 0.1) is 18.6 Å². The number of hydrogen-bond acceptors (Lipinski definition) is 2. The lowest BCUT2D eigenvalue weighted by molar-refractivity contribution is -0.126. The van der Waals surface area contributed by atoms with Crippen molar-refractivity contribution in [1.82, 2.24) is 5.32 Å². The maximum Gasteiger partial charge on any atom is 0.233 e. The Morgan fingerprint density at radius 3 is 2.43 bits per heavy atom. The fourth-order valence-electron chi connectivity index (χ4n) is 1.99. The van der Waals surface area contributed by atoms with Gasteiger partial charge in [0, 0.05) is 18.3 Å². The van der Waals surface area contributed by atoms with Gasteiger partial charge in [-0.3, -0.25) is 9.59 Å². The Labute approximate surface area is 132 Å². The van der Waals surface area contributed by atoms with Gasteiger partial charge in [-0.25, -0.2) is 8.78 Å². The van der Waals surface area contributed by atoms with Crippen molar-refractivity contribution in [3.05, 3.63) is 65.2 Å². The lowest BCUT2D eigenvalue weighted by atomic mass is 10.1. The molecule has 120 valence electrons. The molecule has 2 rings (SSSR count). The number of aryl methyl sites for hydroxylation is 1. The van der Waals surface area contributed by atoms with Crippen molar-refractivity contribution in [2.75, 3.05) is 5.32 Å². The summed E-state index contributed by atoms with van der Waals surface area (Å²) in [6.45, 7) is 2.25. The second-order valence-electron chi connectivity index (χ2n) is 5.06. The molecule has 2 N–H and O–H groups in total. The van der Waals surface area contributed by atoms with E-state index in [0.29, 0.717) is 6.54 Å². The Hall–Kier alpha value is -2.76. The van der Waals surface area contributed by atoms with E-state index in [-0.39, 0.29) is 5.69 Å². The van der Waals surface area contributed by atoms with Gasteiger partial charge in [0.2, 0.25) is 11.8 Å². The molecule has 0 fully saturated rings. The number of benzene rings is 2. The van der Waals surface area contributed by atoms with Crippen LogP contribution in [0.1, 0.15) is 17.5 Å². The molecule has 0 saturated heterocycles. The van der Waals surface area contributed by atoms with E-state index in [1.807, 2.05) is 31.2 Å². The Bertz CT molecular complexity index is 732. The highest BCUT2D eigenvalue weighted by molar-refractivity contribution is 6.03. The summed E-state index contributed by atoms with van der Waals surface area (Å²) in [5.41, 5.74) is 2.10. The quantitative estimate of drug-likeness (QED) is 0.833. The van der Waals surface area contributed by atoms with E-state index in [1.54, 1.807) is 0 Å². The maximum absolute atomic E-state index is 13.0. The first kappa shape index (κ1) is 16.6. The molecular weight excluding hydrogens is 302 g/mol. The van der Waals surface area contributed by atoms with Crippen LogP contribution in [-0.2, 0) is 16.1 Å². The summed E-state index contributed by atoms with van der Waals surface area (Å²) in [6, 6.07) is 10.6. The number of anilines is 1. The van der Waals surface area contributed by atoms with E-state index >= 15 is 0 Å². The zero-order chi connectivity index (χ0) is 16.8. The number of amides is 2. The molecule has 0 aliphatic heterocycles. The van der Waals surface area contributed by atoms with E-state index in [4.69, 9.17) is 0 Å². The van der Waals surface area contributed by atoms with Crippen LogP contribution in [0.2, 0.25) is 0 Å². The van der Waals surface area contributed by atoms with Crippen LogP contribution >= 0.6 is 0 Å². The Balaban J connectivity index is 1.84. The SMILES string of the molecule is Cc1ccccc1CNC(=O)CC(=O)Nc1ccc(F)c(F)c1. The highest BCUT2D eigenvalue weighted by Crippen LogP contribution is 2.13. The van der Waals surface area contributed by atoms with Crippen molar-refractivity contribution in [1.29, 1.82) is 0 Å². The topological polar surface area (TPSA) is 58.2 Å². The molecule has 0 heterocycles. The third kappa shape index (κ3) is 4.88. The average molecular weight is 318 g/mol. The summed E-state index contributed by atoms with van der Waals surface area (Å²) in [6.07, 6.45) is -0.398. The number of hydrogen-bond donors (Lipinski definition) is 2. The monoisotopic (exact) mass is 318 g/mol. The Morgan fingerprint density at radius 2 is 1.74 bits per heavy atom. The van der Waals surface area contributed by atoms with Crippen molar-refractivity contribution in [3.63, 3.8) is 0 Å². The van der Waals surface area contributed by atoms with Crippen molar-refractivity contribution < 1.29 is 18.4 Å². The summed E-state index contributed by atoms with van der Waals surface area (Å²) in [5.74, 6) is -3.11. The predicted molar refractivity (Wildman–Crippen MR) is 82.6 cm³/mol. The molecule has 23 heavy (non-hydrogen) atoms. The molecular formula is C17H16F2N2O2. The predicted octanol–water partition coefficient (Wildman–Crippen LogP) is 2.92. The fourth-order valence-corrected chi connectivity index (χ4v) is 1.99. The second kappa shape index (κ2) is 7.49. The molecule has 4 nitrogen and oxygen atoms in total. The lowest BCUT2D eigenvalue weighted by Crippen LogP contribution is -2.28. The van der Waals surface area contributed by atoms with Crippen molar-refractivity contribution in [2.45, 2.75) is 19.9 Å². The first-order valence-electron chi connectivity index (χ1n) is 7.02. The molecule has 2 aromatic carbocycles. The van der Waals surface area contributed by atoms with Gasteiger partial charge in [-0.2, -0.15) is 0 Å². The molecule has 0 radical (unpaired) electrons. The third-order valence-corrected chi connectivity index (χ3v) is 3.26. The van der Waals surface area contributed by atoms with E-state index < -0.39 is 29.9 Å². The standard InChI is InChI=1S/C17H16F2N2O2/c1-11-4-2-3-5-12(11)10-20-16(22)9-17(23)21-13-6-7-14(18)15(19)8-13/h2-8H,9-10H2,1H3,(H,20,22)(H,21,23). The molecule has 0 spiro atoms. The molecule has 0 saturated carbocycles. The van der Waals surface area contributed by atoms with Gasteiger partial charge in [0.1, 0.15) is 6.42 Å². The van der Waals surface area contributed by atoms with Crippen LogP contribution in [0.5, 0.6) is 0 Å². The molecule has 6 heteroatoms. The van der Waals surface area contributed by atoms with Gasteiger partial charge >= 0.3 is 0 Å². The number of nitrogens with one attached hydrogen (secondary N) is 2. The number of carbonyl (C=O) groups excluding carboxylic acids is 2. The average Bonchev–Trinajstić information content (AvgIpc) is 2.50.